The number of nitrogens with one attached hydrogen (secondary N) is 1. The van der Waals surface area contributed by atoms with Crippen molar-refractivity contribution in [1.29, 1.82) is 0 Å². The van der Waals surface area contributed by atoms with Gasteiger partial charge in [0.05, 0.1) is 11.3 Å². The number of amides is 3. The number of likely N-dealkylation sites (tertiary alicyclic amines) is 2. The molecule has 0 aliphatic carbocycles. The highest BCUT2D eigenvalue weighted by Gasteiger charge is 2.46. The molecular weight excluding hydrogens is 416 g/mol. The Morgan fingerprint density at radius 2 is 1.73 bits per heavy atom. The van der Waals surface area contributed by atoms with Crippen LogP contribution >= 0.6 is 0 Å². The fourth-order valence-electron chi connectivity index (χ4n) is 5.10. The quantitative estimate of drug-likeness (QED) is 0.779. The van der Waals surface area contributed by atoms with E-state index in [0.29, 0.717) is 44.8 Å². The third-order valence-corrected chi connectivity index (χ3v) is 7.13. The lowest BCUT2D eigenvalue weighted by Gasteiger charge is -2.45. The minimum atomic E-state index is -0.664. The van der Waals surface area contributed by atoms with E-state index in [1.807, 2.05) is 59.2 Å². The number of anilines is 1. The van der Waals surface area contributed by atoms with Crippen LogP contribution in [0.5, 0.6) is 0 Å². The Labute approximate surface area is 195 Å². The first-order valence-corrected chi connectivity index (χ1v) is 11.7. The van der Waals surface area contributed by atoms with Gasteiger partial charge < -0.3 is 15.1 Å². The summed E-state index contributed by atoms with van der Waals surface area (Å²) >= 11 is 0. The molecule has 2 aliphatic rings. The van der Waals surface area contributed by atoms with Crippen molar-refractivity contribution in [2.24, 2.45) is 5.92 Å². The zero-order chi connectivity index (χ0) is 23.4. The van der Waals surface area contributed by atoms with Gasteiger partial charge in [0.1, 0.15) is 5.82 Å². The smallest absolute Gasteiger partial charge is 0.233 e. The average molecular weight is 449 g/mol. The van der Waals surface area contributed by atoms with Crippen molar-refractivity contribution in [2.75, 3.05) is 31.5 Å². The molecule has 1 atom stereocenters. The van der Waals surface area contributed by atoms with Gasteiger partial charge in [0, 0.05) is 39.3 Å². The number of aryl methyl sites for hydroxylation is 1. The molecule has 33 heavy (non-hydrogen) atoms. The van der Waals surface area contributed by atoms with Gasteiger partial charge >= 0.3 is 0 Å². The monoisotopic (exact) mass is 448 g/mol. The summed E-state index contributed by atoms with van der Waals surface area (Å²) in [4.78, 5) is 46.9. The summed E-state index contributed by atoms with van der Waals surface area (Å²) in [6, 6.07) is 13.7. The van der Waals surface area contributed by atoms with E-state index in [1.165, 1.54) is 0 Å². The van der Waals surface area contributed by atoms with Gasteiger partial charge in [0.2, 0.25) is 17.7 Å². The lowest BCUT2D eigenvalue weighted by atomic mass is 9.71. The second kappa shape index (κ2) is 9.73. The molecule has 7 nitrogen and oxygen atoms in total. The van der Waals surface area contributed by atoms with Crippen LogP contribution in [0.1, 0.15) is 43.7 Å². The maximum absolute atomic E-state index is 14.0. The van der Waals surface area contributed by atoms with E-state index in [-0.39, 0.29) is 23.6 Å². The molecule has 174 valence electrons. The molecule has 4 rings (SSSR count). The van der Waals surface area contributed by atoms with E-state index in [0.717, 1.165) is 24.0 Å². The summed E-state index contributed by atoms with van der Waals surface area (Å²) in [5, 5.41) is 2.95. The maximum Gasteiger partial charge on any atom is 0.233 e. The highest BCUT2D eigenvalue weighted by atomic mass is 16.2. The average Bonchev–Trinajstić information content (AvgIpc) is 2.85. The molecule has 1 aromatic carbocycles. The van der Waals surface area contributed by atoms with Gasteiger partial charge in [0.15, 0.2) is 0 Å². The predicted molar refractivity (Wildman–Crippen MR) is 127 cm³/mol. The molecular formula is C26H32N4O3. The Hall–Kier alpha value is -3.22. The van der Waals surface area contributed by atoms with Crippen LogP contribution in [0, 0.1) is 12.8 Å². The second-order valence-corrected chi connectivity index (χ2v) is 9.20. The van der Waals surface area contributed by atoms with E-state index in [2.05, 4.69) is 10.3 Å². The van der Waals surface area contributed by atoms with Crippen LogP contribution < -0.4 is 5.32 Å². The molecule has 3 amide bonds. The van der Waals surface area contributed by atoms with Gasteiger partial charge in [-0.05, 0) is 49.8 Å². The first-order chi connectivity index (χ1) is 15.9. The van der Waals surface area contributed by atoms with E-state index in [4.69, 9.17) is 0 Å². The number of hydrogen-bond donors (Lipinski definition) is 1. The number of carbonyl (C=O) groups is 3. The Morgan fingerprint density at radius 3 is 2.39 bits per heavy atom. The maximum atomic E-state index is 14.0. The molecule has 0 saturated carbocycles. The molecule has 2 aromatic rings. The summed E-state index contributed by atoms with van der Waals surface area (Å²) in [6.07, 6.45) is 4.38. The highest BCUT2D eigenvalue weighted by Crippen LogP contribution is 2.38. The predicted octanol–water partition coefficient (Wildman–Crippen LogP) is 3.15. The van der Waals surface area contributed by atoms with Crippen molar-refractivity contribution in [3.63, 3.8) is 0 Å². The topological polar surface area (TPSA) is 82.6 Å². The Bertz CT molecular complexity index is 1020. The number of pyridine rings is 1. The van der Waals surface area contributed by atoms with Gasteiger partial charge in [-0.2, -0.15) is 0 Å². The minimum absolute atomic E-state index is 0.0450. The number of aromatic nitrogens is 1. The summed E-state index contributed by atoms with van der Waals surface area (Å²) in [6.45, 7) is 5.67. The molecule has 1 N–H and O–H groups in total. The van der Waals surface area contributed by atoms with Crippen LogP contribution in [0.2, 0.25) is 0 Å². The SMILES string of the molecule is CC(=O)N1CCC(C(=O)N2CCCC(C(=O)Nc3ncccc3C)C2)(c2ccccc2)CC1. The van der Waals surface area contributed by atoms with Crippen LogP contribution in [0.3, 0.4) is 0 Å². The molecule has 0 spiro atoms. The van der Waals surface area contributed by atoms with E-state index < -0.39 is 5.41 Å². The van der Waals surface area contributed by atoms with Crippen LogP contribution in [-0.2, 0) is 19.8 Å². The Kier molecular flexibility index (Phi) is 6.77. The van der Waals surface area contributed by atoms with Crippen LogP contribution in [0.25, 0.3) is 0 Å². The van der Waals surface area contributed by atoms with E-state index in [1.54, 1.807) is 13.1 Å². The molecule has 1 aromatic heterocycles. The normalized spacial score (nSPS) is 20.2. The lowest BCUT2D eigenvalue weighted by Crippen LogP contribution is -2.56. The molecule has 2 fully saturated rings. The van der Waals surface area contributed by atoms with Gasteiger partial charge in [-0.1, -0.05) is 36.4 Å². The molecule has 7 heteroatoms. The lowest BCUT2D eigenvalue weighted by molar-refractivity contribution is -0.144. The van der Waals surface area contributed by atoms with Crippen molar-refractivity contribution in [1.82, 2.24) is 14.8 Å². The second-order valence-electron chi connectivity index (χ2n) is 9.20. The van der Waals surface area contributed by atoms with Crippen molar-refractivity contribution in [2.45, 2.75) is 44.9 Å². The number of benzene rings is 1. The number of rotatable bonds is 4. The molecule has 3 heterocycles. The third-order valence-electron chi connectivity index (χ3n) is 7.13. The number of nitrogens with zero attached hydrogens (tertiary/aromatic N) is 3. The van der Waals surface area contributed by atoms with Crippen molar-refractivity contribution in [3.8, 4) is 0 Å². The third kappa shape index (κ3) is 4.77. The van der Waals surface area contributed by atoms with Crippen molar-refractivity contribution in [3.05, 3.63) is 59.8 Å². The minimum Gasteiger partial charge on any atom is -0.343 e. The van der Waals surface area contributed by atoms with Gasteiger partial charge in [-0.25, -0.2) is 4.98 Å². The molecule has 0 bridgehead atoms. The van der Waals surface area contributed by atoms with Crippen LogP contribution in [0.15, 0.2) is 48.7 Å². The molecule has 2 aliphatic heterocycles. The van der Waals surface area contributed by atoms with Crippen LogP contribution in [0.4, 0.5) is 5.82 Å². The molecule has 1 unspecified atom stereocenters. The zero-order valence-corrected chi connectivity index (χ0v) is 19.4. The van der Waals surface area contributed by atoms with Crippen molar-refractivity contribution < 1.29 is 14.4 Å². The van der Waals surface area contributed by atoms with E-state index in [9.17, 15) is 14.4 Å². The fourth-order valence-corrected chi connectivity index (χ4v) is 5.10. The van der Waals surface area contributed by atoms with Gasteiger partial charge in [-0.3, -0.25) is 14.4 Å². The van der Waals surface area contributed by atoms with Gasteiger partial charge in [-0.15, -0.1) is 0 Å². The molecule has 0 radical (unpaired) electrons. The fraction of sp³-hybridized carbons (Fsp3) is 0.462. The Morgan fingerprint density at radius 1 is 1.00 bits per heavy atom. The van der Waals surface area contributed by atoms with Crippen molar-refractivity contribution >= 4 is 23.5 Å². The number of hydrogen-bond acceptors (Lipinski definition) is 4. The first-order valence-electron chi connectivity index (χ1n) is 11.7. The summed E-state index contributed by atoms with van der Waals surface area (Å²) in [5.41, 5.74) is 1.24. The standard InChI is InChI=1S/C26H32N4O3/c1-19-8-6-14-27-23(19)28-24(32)21-9-7-15-30(18-21)25(33)26(22-10-4-3-5-11-22)12-16-29(17-13-26)20(2)31/h3-6,8,10-11,14,21H,7,9,12-13,15-18H2,1-2H3,(H,27,28,32). The Balaban J connectivity index is 1.52. The highest BCUT2D eigenvalue weighted by molar-refractivity contribution is 5.94. The van der Waals surface area contributed by atoms with Crippen LogP contribution in [-0.4, -0.2) is 58.7 Å². The summed E-state index contributed by atoms with van der Waals surface area (Å²) in [5.74, 6) is 0.332. The summed E-state index contributed by atoms with van der Waals surface area (Å²) < 4.78 is 0. The van der Waals surface area contributed by atoms with E-state index >= 15 is 0 Å². The first kappa shape index (κ1) is 23.0. The zero-order valence-electron chi connectivity index (χ0n) is 19.4. The summed E-state index contributed by atoms with van der Waals surface area (Å²) in [7, 11) is 0. The number of carbonyl (C=O) groups excluding carboxylic acids is 3. The molecule has 2 saturated heterocycles. The van der Waals surface area contributed by atoms with Gasteiger partial charge in [0.25, 0.3) is 0 Å². The number of piperidine rings is 2. The largest absolute Gasteiger partial charge is 0.343 e.